The Bertz CT molecular complexity index is 716. The van der Waals surface area contributed by atoms with Gasteiger partial charge in [0, 0.05) is 5.41 Å². The van der Waals surface area contributed by atoms with Crippen LogP contribution < -0.4 is 5.32 Å². The Hall–Kier alpha value is -2.50. The van der Waals surface area contributed by atoms with E-state index in [1.807, 2.05) is 30.3 Å². The first-order valence-corrected chi connectivity index (χ1v) is 8.78. The van der Waals surface area contributed by atoms with Crippen LogP contribution in [0.5, 0.6) is 0 Å². The molecule has 1 saturated carbocycles. The average Bonchev–Trinajstić information content (AvgIpc) is 2.59. The number of hydrogen-bond acceptors (Lipinski definition) is 4. The van der Waals surface area contributed by atoms with Crippen LogP contribution in [0.3, 0.4) is 0 Å². The van der Waals surface area contributed by atoms with E-state index >= 15 is 0 Å². The lowest BCUT2D eigenvalue weighted by molar-refractivity contribution is -0.181. The highest BCUT2D eigenvalue weighted by Gasteiger charge is 2.65. The maximum absolute atomic E-state index is 13.1. The molecule has 130 valence electrons. The lowest BCUT2D eigenvalue weighted by Gasteiger charge is -2.53. The maximum atomic E-state index is 13.1. The molecule has 3 aliphatic rings. The molecule has 6 heteroatoms. The second kappa shape index (κ2) is 5.79. The quantitative estimate of drug-likeness (QED) is 0.651. The van der Waals surface area contributed by atoms with Crippen LogP contribution in [-0.2, 0) is 25.7 Å². The molecule has 2 heterocycles. The number of hydrogen-bond donors (Lipinski definition) is 1. The van der Waals surface area contributed by atoms with Crippen molar-refractivity contribution in [3.05, 3.63) is 35.9 Å². The second-order valence-electron chi connectivity index (χ2n) is 7.26. The number of piperidine rings is 2. The highest BCUT2D eigenvalue weighted by atomic mass is 16.2. The molecule has 0 aromatic heterocycles. The van der Waals surface area contributed by atoms with Crippen molar-refractivity contribution in [2.24, 2.45) is 17.3 Å². The summed E-state index contributed by atoms with van der Waals surface area (Å²) in [6.45, 7) is 0.0994. The molecule has 2 atom stereocenters. The van der Waals surface area contributed by atoms with Crippen molar-refractivity contribution in [2.75, 3.05) is 0 Å². The Balaban J connectivity index is 1.75. The van der Waals surface area contributed by atoms with Gasteiger partial charge in [-0.3, -0.25) is 29.4 Å². The average molecular weight is 340 g/mol. The van der Waals surface area contributed by atoms with E-state index in [0.29, 0.717) is 12.8 Å². The molecule has 1 spiro atoms. The van der Waals surface area contributed by atoms with Crippen LogP contribution in [0.2, 0.25) is 0 Å². The van der Waals surface area contributed by atoms with Crippen molar-refractivity contribution in [1.82, 2.24) is 10.2 Å². The standard InChI is InChI=1S/C19H20N2O4/c22-15-13-17(24)21(11-12-7-3-1-4-8-12)18(25)14(16(23)20-15)19(13)9-5-2-6-10-19/h1,3-4,7-8,13-14H,2,5-6,9-11H2,(H,20,22,23). The minimum absolute atomic E-state index is 0.0994. The van der Waals surface area contributed by atoms with Crippen molar-refractivity contribution in [1.29, 1.82) is 0 Å². The third-order valence-corrected chi connectivity index (χ3v) is 5.91. The number of likely N-dealkylation sites (tertiary alicyclic amines) is 1. The van der Waals surface area contributed by atoms with Crippen LogP contribution in [0.1, 0.15) is 37.7 Å². The molecule has 2 aliphatic heterocycles. The highest BCUT2D eigenvalue weighted by Crippen LogP contribution is 2.54. The molecule has 2 unspecified atom stereocenters. The summed E-state index contributed by atoms with van der Waals surface area (Å²) in [5.74, 6) is -3.87. The van der Waals surface area contributed by atoms with Crippen LogP contribution in [0, 0.1) is 17.3 Å². The molecule has 1 aromatic carbocycles. The summed E-state index contributed by atoms with van der Waals surface area (Å²) in [4.78, 5) is 52.3. The fourth-order valence-corrected chi connectivity index (χ4v) is 4.80. The molecular weight excluding hydrogens is 320 g/mol. The minimum Gasteiger partial charge on any atom is -0.295 e. The third-order valence-electron chi connectivity index (χ3n) is 5.91. The summed E-state index contributed by atoms with van der Waals surface area (Å²) in [5, 5.41) is 2.25. The van der Waals surface area contributed by atoms with Crippen LogP contribution in [0.25, 0.3) is 0 Å². The van der Waals surface area contributed by atoms with Crippen LogP contribution >= 0.6 is 0 Å². The lowest BCUT2D eigenvalue weighted by Crippen LogP contribution is -2.71. The van der Waals surface area contributed by atoms with Gasteiger partial charge in [0.15, 0.2) is 0 Å². The molecular formula is C19H20N2O4. The number of carbonyl (C=O) groups is 4. The number of imide groups is 2. The second-order valence-corrected chi connectivity index (χ2v) is 7.26. The Labute approximate surface area is 145 Å². The summed E-state index contributed by atoms with van der Waals surface area (Å²) in [7, 11) is 0. The van der Waals surface area contributed by atoms with E-state index in [2.05, 4.69) is 5.32 Å². The van der Waals surface area contributed by atoms with Gasteiger partial charge in [0.25, 0.3) is 0 Å². The Morgan fingerprint density at radius 2 is 1.44 bits per heavy atom. The van der Waals surface area contributed by atoms with Gasteiger partial charge in [-0.05, 0) is 18.4 Å². The van der Waals surface area contributed by atoms with Gasteiger partial charge in [-0.1, -0.05) is 49.6 Å². The van der Waals surface area contributed by atoms with Gasteiger partial charge in [-0.25, -0.2) is 0 Å². The Morgan fingerprint density at radius 3 is 2.00 bits per heavy atom. The predicted octanol–water partition coefficient (Wildman–Crippen LogP) is 1.39. The summed E-state index contributed by atoms with van der Waals surface area (Å²) >= 11 is 0. The zero-order valence-electron chi connectivity index (χ0n) is 13.9. The molecule has 6 nitrogen and oxygen atoms in total. The molecule has 25 heavy (non-hydrogen) atoms. The largest absolute Gasteiger partial charge is 0.295 e. The SMILES string of the molecule is O=C1NC(=O)C2C(=O)N(Cc3ccccc3)C(=O)C1C21CCCCC1. The molecule has 1 aliphatic carbocycles. The summed E-state index contributed by atoms with van der Waals surface area (Å²) in [6.07, 6.45) is 3.85. The highest BCUT2D eigenvalue weighted by molar-refractivity contribution is 6.22. The Kier molecular flexibility index (Phi) is 3.71. The van der Waals surface area contributed by atoms with Gasteiger partial charge >= 0.3 is 0 Å². The molecule has 4 amide bonds. The van der Waals surface area contributed by atoms with Crippen LogP contribution in [0.4, 0.5) is 0 Å². The van der Waals surface area contributed by atoms with Crippen LogP contribution in [-0.4, -0.2) is 28.5 Å². The fourth-order valence-electron chi connectivity index (χ4n) is 4.80. The van der Waals surface area contributed by atoms with Gasteiger partial charge in [0.05, 0.1) is 6.54 Å². The van der Waals surface area contributed by atoms with Crippen LogP contribution in [0.15, 0.2) is 30.3 Å². The maximum Gasteiger partial charge on any atom is 0.242 e. The molecule has 4 rings (SSSR count). The van der Waals surface area contributed by atoms with Gasteiger partial charge in [0.1, 0.15) is 11.8 Å². The first-order valence-electron chi connectivity index (χ1n) is 8.78. The van der Waals surface area contributed by atoms with E-state index in [1.54, 1.807) is 0 Å². The number of benzene rings is 1. The number of rotatable bonds is 2. The molecule has 2 bridgehead atoms. The van der Waals surface area contributed by atoms with E-state index in [0.717, 1.165) is 29.7 Å². The van der Waals surface area contributed by atoms with Gasteiger partial charge < -0.3 is 0 Å². The van der Waals surface area contributed by atoms with E-state index in [1.165, 1.54) is 0 Å². The number of carbonyl (C=O) groups excluding carboxylic acids is 4. The summed E-state index contributed by atoms with van der Waals surface area (Å²) < 4.78 is 0. The van der Waals surface area contributed by atoms with E-state index in [4.69, 9.17) is 0 Å². The third kappa shape index (κ3) is 2.31. The summed E-state index contributed by atoms with van der Waals surface area (Å²) in [6, 6.07) is 9.16. The van der Waals surface area contributed by atoms with E-state index in [-0.39, 0.29) is 6.54 Å². The molecule has 2 saturated heterocycles. The van der Waals surface area contributed by atoms with Gasteiger partial charge in [-0.2, -0.15) is 0 Å². The predicted molar refractivity (Wildman–Crippen MR) is 87.6 cm³/mol. The number of nitrogens with zero attached hydrogens (tertiary/aromatic N) is 1. The summed E-state index contributed by atoms with van der Waals surface area (Å²) in [5.41, 5.74) is -0.0197. The van der Waals surface area contributed by atoms with Crippen molar-refractivity contribution in [3.63, 3.8) is 0 Å². The molecule has 0 radical (unpaired) electrons. The van der Waals surface area contributed by atoms with E-state index < -0.39 is 40.9 Å². The normalized spacial score (nSPS) is 28.2. The topological polar surface area (TPSA) is 83.6 Å². The van der Waals surface area contributed by atoms with Gasteiger partial charge in [0.2, 0.25) is 23.6 Å². The zero-order valence-corrected chi connectivity index (χ0v) is 13.9. The smallest absolute Gasteiger partial charge is 0.242 e. The van der Waals surface area contributed by atoms with Crippen molar-refractivity contribution >= 4 is 23.6 Å². The number of amides is 4. The lowest BCUT2D eigenvalue weighted by atomic mass is 9.54. The monoisotopic (exact) mass is 340 g/mol. The Morgan fingerprint density at radius 1 is 0.880 bits per heavy atom. The number of nitrogens with one attached hydrogen (secondary N) is 1. The molecule has 1 N–H and O–H groups in total. The zero-order chi connectivity index (χ0) is 17.6. The first kappa shape index (κ1) is 16.0. The fraction of sp³-hybridized carbons (Fsp3) is 0.474. The van der Waals surface area contributed by atoms with Crippen molar-refractivity contribution in [2.45, 2.75) is 38.6 Å². The van der Waals surface area contributed by atoms with E-state index in [9.17, 15) is 19.2 Å². The first-order chi connectivity index (χ1) is 12.0. The van der Waals surface area contributed by atoms with Crippen molar-refractivity contribution in [3.8, 4) is 0 Å². The minimum atomic E-state index is -0.933. The van der Waals surface area contributed by atoms with Crippen molar-refractivity contribution < 1.29 is 19.2 Å². The molecule has 3 fully saturated rings. The molecule has 1 aromatic rings. The van der Waals surface area contributed by atoms with Gasteiger partial charge in [-0.15, -0.1) is 0 Å².